The molecule has 2 fully saturated rings. The molecule has 0 saturated heterocycles. The molecular weight excluding hydrogens is 628 g/mol. The van der Waals surface area contributed by atoms with E-state index in [0.29, 0.717) is 36.1 Å². The number of aromatic carboxylic acids is 1. The van der Waals surface area contributed by atoms with E-state index in [2.05, 4.69) is 10.6 Å². The fourth-order valence-electron chi connectivity index (χ4n) is 6.88. The van der Waals surface area contributed by atoms with Gasteiger partial charge in [-0.15, -0.1) is 0 Å². The lowest BCUT2D eigenvalue weighted by Gasteiger charge is -2.30. The molecule has 3 N–H and O–H groups in total. The second-order valence-corrected chi connectivity index (χ2v) is 11.8. The molecule has 2 aliphatic carbocycles. The highest BCUT2D eigenvalue weighted by Gasteiger charge is 2.54. The topological polar surface area (TPSA) is 105 Å². The van der Waals surface area contributed by atoms with Gasteiger partial charge in [-0.3, -0.25) is 9.59 Å². The average molecular weight is 659 g/mol. The molecule has 2 bridgehead atoms. The highest BCUT2D eigenvalue weighted by Crippen LogP contribution is 2.53. The van der Waals surface area contributed by atoms with Crippen LogP contribution in [0.25, 0.3) is 17.2 Å². The Morgan fingerprint density at radius 1 is 0.875 bits per heavy atom. The first-order valence-corrected chi connectivity index (χ1v) is 15.2. The first kappa shape index (κ1) is 32.5. The van der Waals surface area contributed by atoms with E-state index in [9.17, 15) is 37.1 Å². The van der Waals surface area contributed by atoms with Crippen molar-refractivity contribution in [3.8, 4) is 16.9 Å². The molecule has 7 nitrogen and oxygen atoms in total. The molecule has 246 valence electrons. The molecular formula is C37H30F4N2O5. The Kier molecular flexibility index (Phi) is 8.79. The minimum absolute atomic E-state index is 0.112. The number of hydrogen-bond acceptors (Lipinski definition) is 4. The van der Waals surface area contributed by atoms with Gasteiger partial charge in [0.05, 0.1) is 29.7 Å². The van der Waals surface area contributed by atoms with E-state index in [0.717, 1.165) is 17.2 Å². The predicted octanol–water partition coefficient (Wildman–Crippen LogP) is 7.70. The van der Waals surface area contributed by atoms with Gasteiger partial charge >= 0.3 is 12.1 Å². The molecule has 0 heterocycles. The number of carboxylic acid groups (broad SMARTS) is 1. The van der Waals surface area contributed by atoms with Crippen molar-refractivity contribution in [1.29, 1.82) is 0 Å². The third-order valence-corrected chi connectivity index (χ3v) is 9.08. The van der Waals surface area contributed by atoms with Crippen molar-refractivity contribution in [2.75, 3.05) is 12.4 Å². The fraction of sp³-hybridized carbons (Fsp3) is 0.216. The van der Waals surface area contributed by atoms with Gasteiger partial charge in [-0.25, -0.2) is 9.18 Å². The number of carboxylic acids is 1. The Balaban J connectivity index is 1.33. The number of fused-ring (bicyclic) bond motifs is 2. The lowest BCUT2D eigenvalue weighted by molar-refractivity contribution is -0.140. The summed E-state index contributed by atoms with van der Waals surface area (Å²) in [6, 6.07) is 22.2. The maximum absolute atomic E-state index is 14.0. The van der Waals surface area contributed by atoms with Crippen LogP contribution in [0.1, 0.15) is 44.7 Å². The highest BCUT2D eigenvalue weighted by molar-refractivity contribution is 6.00. The van der Waals surface area contributed by atoms with Gasteiger partial charge in [-0.1, -0.05) is 60.2 Å². The Bertz CT molecular complexity index is 1910. The largest absolute Gasteiger partial charge is 0.496 e. The van der Waals surface area contributed by atoms with Crippen molar-refractivity contribution in [3.05, 3.63) is 125 Å². The first-order valence-electron chi connectivity index (χ1n) is 15.2. The Morgan fingerprint density at radius 2 is 1.56 bits per heavy atom. The van der Waals surface area contributed by atoms with Gasteiger partial charge in [0.1, 0.15) is 11.6 Å². The lowest BCUT2D eigenvalue weighted by Crippen LogP contribution is -2.48. The van der Waals surface area contributed by atoms with Gasteiger partial charge in [-0.05, 0) is 77.9 Å². The Morgan fingerprint density at radius 3 is 2.23 bits per heavy atom. The summed E-state index contributed by atoms with van der Waals surface area (Å²) in [5.74, 6) is -4.73. The van der Waals surface area contributed by atoms with Crippen molar-refractivity contribution in [3.63, 3.8) is 0 Å². The van der Waals surface area contributed by atoms with E-state index in [1.54, 1.807) is 30.3 Å². The van der Waals surface area contributed by atoms with Gasteiger partial charge in [0.25, 0.3) is 5.91 Å². The molecule has 6 rings (SSSR count). The van der Waals surface area contributed by atoms with E-state index >= 15 is 0 Å². The molecule has 0 spiro atoms. The third kappa shape index (κ3) is 6.40. The zero-order valence-corrected chi connectivity index (χ0v) is 25.6. The summed E-state index contributed by atoms with van der Waals surface area (Å²) in [6.45, 7) is 0. The van der Waals surface area contributed by atoms with Crippen LogP contribution in [0, 0.1) is 23.6 Å². The van der Waals surface area contributed by atoms with Crippen LogP contribution in [0.5, 0.6) is 5.75 Å². The number of methoxy groups -OCH3 is 1. The lowest BCUT2D eigenvalue weighted by atomic mass is 9.83. The molecule has 2 unspecified atom stereocenters. The van der Waals surface area contributed by atoms with E-state index in [1.807, 2.05) is 36.4 Å². The van der Waals surface area contributed by atoms with Crippen LogP contribution in [0.3, 0.4) is 0 Å². The van der Waals surface area contributed by atoms with Crippen LogP contribution in [-0.4, -0.2) is 36.0 Å². The molecule has 4 aromatic carbocycles. The summed E-state index contributed by atoms with van der Waals surface area (Å²) in [7, 11) is 1.42. The van der Waals surface area contributed by atoms with Gasteiger partial charge in [0.2, 0.25) is 5.91 Å². The van der Waals surface area contributed by atoms with Gasteiger partial charge < -0.3 is 20.5 Å². The number of anilines is 1. The maximum Gasteiger partial charge on any atom is 0.419 e. The van der Waals surface area contributed by atoms with Gasteiger partial charge in [0.15, 0.2) is 0 Å². The summed E-state index contributed by atoms with van der Waals surface area (Å²) >= 11 is 0. The van der Waals surface area contributed by atoms with Gasteiger partial charge in [0, 0.05) is 17.6 Å². The fourth-order valence-corrected chi connectivity index (χ4v) is 6.88. The molecule has 0 radical (unpaired) electrons. The van der Waals surface area contributed by atoms with Crippen molar-refractivity contribution in [2.45, 2.75) is 25.1 Å². The molecule has 11 heteroatoms. The number of ether oxygens (including phenoxy) is 1. The second kappa shape index (κ2) is 13.0. The highest BCUT2D eigenvalue weighted by atomic mass is 19.4. The Labute approximate surface area is 273 Å². The molecule has 4 aromatic rings. The van der Waals surface area contributed by atoms with E-state index < -0.39 is 47.3 Å². The van der Waals surface area contributed by atoms with Crippen LogP contribution in [0.4, 0.5) is 23.2 Å². The molecule has 4 atom stereocenters. The van der Waals surface area contributed by atoms with Crippen molar-refractivity contribution in [1.82, 2.24) is 5.32 Å². The zero-order chi connectivity index (χ0) is 34.2. The number of carbonyl (C=O) groups excluding carboxylic acids is 2. The predicted molar refractivity (Wildman–Crippen MR) is 171 cm³/mol. The maximum atomic E-state index is 14.0. The normalized spacial score (nSPS) is 20.8. The minimum atomic E-state index is -4.95. The first-order chi connectivity index (χ1) is 22.9. The summed E-state index contributed by atoms with van der Waals surface area (Å²) in [4.78, 5) is 39.2. The van der Waals surface area contributed by atoms with E-state index in [-0.39, 0.29) is 34.4 Å². The standard InChI is InChI=1S/C37H30F4N2O5/c1-48-31-16-11-23(21-7-9-22(10-8-21)36(46)47)18-28(31)34(44)43-33-26-14-13-25(27(26)17-20-5-3-2-4-6-20)32(33)35(45)42-24-12-15-30(38)29(19-24)37(39,40)41/h2-12,15-19,25-26,32-33H,13-14H2,1H3,(H,42,45)(H,43,44)(H,46,47)/t25?,26?,32-,33+/m0/s1. The number of amides is 2. The number of nitrogens with one attached hydrogen (secondary N) is 2. The SMILES string of the molecule is COc1ccc(-c2ccc(C(=O)O)cc2)cc1C(=O)N[C@@H]1C2CCC(C2=Cc2ccccc2)[C@@H]1C(=O)Nc1ccc(F)c(C(F)(F)F)c1. The number of hydrogen-bond donors (Lipinski definition) is 3. The van der Waals surface area contributed by atoms with Crippen LogP contribution in [0.15, 0.2) is 96.6 Å². The van der Waals surface area contributed by atoms with Crippen molar-refractivity contribution < 1.29 is 41.8 Å². The van der Waals surface area contributed by atoms with Crippen molar-refractivity contribution >= 4 is 29.5 Å². The van der Waals surface area contributed by atoms with Crippen LogP contribution < -0.4 is 15.4 Å². The number of benzene rings is 4. The van der Waals surface area contributed by atoms with Crippen LogP contribution in [0.2, 0.25) is 0 Å². The zero-order valence-electron chi connectivity index (χ0n) is 25.6. The van der Waals surface area contributed by atoms with Gasteiger partial charge in [-0.2, -0.15) is 13.2 Å². The number of carbonyl (C=O) groups is 3. The number of halogens is 4. The average Bonchev–Trinajstić information content (AvgIpc) is 3.59. The molecule has 0 aromatic heterocycles. The Hall–Kier alpha value is -5.45. The number of alkyl halides is 3. The van der Waals surface area contributed by atoms with E-state index in [4.69, 9.17) is 4.74 Å². The quantitative estimate of drug-likeness (QED) is 0.168. The van der Waals surface area contributed by atoms with Crippen LogP contribution in [-0.2, 0) is 11.0 Å². The second-order valence-electron chi connectivity index (χ2n) is 11.8. The minimum Gasteiger partial charge on any atom is -0.496 e. The molecule has 2 aliphatic rings. The summed E-state index contributed by atoms with van der Waals surface area (Å²) in [5.41, 5.74) is 1.75. The van der Waals surface area contributed by atoms with E-state index in [1.165, 1.54) is 19.2 Å². The monoisotopic (exact) mass is 658 g/mol. The summed E-state index contributed by atoms with van der Waals surface area (Å²) < 4.78 is 59.7. The number of rotatable bonds is 8. The molecule has 2 saturated carbocycles. The molecule has 0 aliphatic heterocycles. The smallest absolute Gasteiger partial charge is 0.419 e. The third-order valence-electron chi connectivity index (χ3n) is 9.08. The molecule has 2 amide bonds. The molecule has 48 heavy (non-hydrogen) atoms. The summed E-state index contributed by atoms with van der Waals surface area (Å²) in [6.07, 6.45) is -1.64. The van der Waals surface area contributed by atoms with Crippen LogP contribution >= 0.6 is 0 Å². The summed E-state index contributed by atoms with van der Waals surface area (Å²) in [5, 5.41) is 14.8. The van der Waals surface area contributed by atoms with Crippen molar-refractivity contribution in [2.24, 2.45) is 17.8 Å².